The molecule has 0 saturated carbocycles. The van der Waals surface area contributed by atoms with E-state index in [-0.39, 0.29) is 5.88 Å². The molecule has 3 aromatic heterocycles. The number of hydrogen-bond donors (Lipinski definition) is 2. The van der Waals surface area contributed by atoms with Crippen molar-refractivity contribution in [3.8, 4) is 17.1 Å². The number of aromatic nitrogens is 4. The van der Waals surface area contributed by atoms with Crippen LogP contribution in [0.5, 0.6) is 5.88 Å². The summed E-state index contributed by atoms with van der Waals surface area (Å²) in [6.07, 6.45) is 4.57. The molecule has 1 unspecified atom stereocenters. The number of methoxy groups -OCH3 is 1. The van der Waals surface area contributed by atoms with E-state index < -0.39 is 16.9 Å². The van der Waals surface area contributed by atoms with Crippen LogP contribution in [0.4, 0.5) is 10.2 Å². The lowest BCUT2D eigenvalue weighted by atomic mass is 10.1. The van der Waals surface area contributed by atoms with Crippen molar-refractivity contribution in [2.75, 3.05) is 18.4 Å². The van der Waals surface area contributed by atoms with Crippen molar-refractivity contribution >= 4 is 27.6 Å². The quantitative estimate of drug-likeness (QED) is 0.358. The van der Waals surface area contributed by atoms with Crippen LogP contribution in [0.1, 0.15) is 27.7 Å². The van der Waals surface area contributed by atoms with E-state index in [0.717, 1.165) is 10.8 Å². The predicted octanol–water partition coefficient (Wildman–Crippen LogP) is 5.03. The number of halogens is 1. The maximum absolute atomic E-state index is 13.4. The minimum atomic E-state index is -1.50. The molecule has 0 saturated heterocycles. The summed E-state index contributed by atoms with van der Waals surface area (Å²) in [6.45, 7) is 8.25. The van der Waals surface area contributed by atoms with Crippen LogP contribution in [-0.2, 0) is 11.0 Å². The molecule has 8 nitrogen and oxygen atoms in total. The molecular weight excluding hydrogens is 469 g/mol. The van der Waals surface area contributed by atoms with Crippen molar-refractivity contribution < 1.29 is 18.4 Å². The number of aliphatic hydroxyl groups excluding tert-OH is 1. The van der Waals surface area contributed by atoms with Gasteiger partial charge in [-0.1, -0.05) is 33.8 Å². The van der Waals surface area contributed by atoms with E-state index in [1.54, 1.807) is 36.7 Å². The Kier molecular flexibility index (Phi) is 11.1. The van der Waals surface area contributed by atoms with Crippen LogP contribution in [0, 0.1) is 11.9 Å². The maximum Gasteiger partial charge on any atom is 0.225 e. The summed E-state index contributed by atoms with van der Waals surface area (Å²) in [4.78, 5) is 16.6. The number of aliphatic hydroxyl groups is 1. The molecule has 10 heteroatoms. The highest BCUT2D eigenvalue weighted by molar-refractivity contribution is 7.86. The van der Waals surface area contributed by atoms with Gasteiger partial charge in [-0.3, -0.25) is 9.71 Å². The lowest BCUT2D eigenvalue weighted by molar-refractivity contribution is 0.248. The number of nitrogens with zero attached hydrogens (tertiary/aromatic N) is 4. The van der Waals surface area contributed by atoms with E-state index in [2.05, 4.69) is 24.7 Å². The number of rotatable bonds is 6. The Morgan fingerprint density at radius 2 is 1.83 bits per heavy atom. The van der Waals surface area contributed by atoms with Crippen LogP contribution in [0.15, 0.2) is 66.1 Å². The Morgan fingerprint density at radius 3 is 2.46 bits per heavy atom. The Bertz CT molecular complexity index is 1240. The molecular formula is C25H30FN5O3S. The number of benzene rings is 1. The van der Waals surface area contributed by atoms with Gasteiger partial charge in [0.15, 0.2) is 11.0 Å². The first kappa shape index (κ1) is 27.7. The topological polar surface area (TPSA) is 110 Å². The molecule has 0 amide bonds. The van der Waals surface area contributed by atoms with Gasteiger partial charge in [0.1, 0.15) is 12.1 Å². The van der Waals surface area contributed by atoms with Gasteiger partial charge in [-0.15, -0.1) is 0 Å². The molecule has 1 atom stereocenters. The fraction of sp³-hybridized carbons (Fsp3) is 0.280. The monoisotopic (exact) mass is 499 g/mol. The summed E-state index contributed by atoms with van der Waals surface area (Å²) in [5.74, 6) is 0.424. The summed E-state index contributed by atoms with van der Waals surface area (Å²) < 4.78 is 34.0. The number of hydrogen-bond acceptors (Lipinski definition) is 7. The highest BCUT2D eigenvalue weighted by Gasteiger charge is 2.14. The number of ether oxygens (including phenoxy) is 1. The van der Waals surface area contributed by atoms with E-state index >= 15 is 0 Å². The second-order valence-electron chi connectivity index (χ2n) is 7.28. The Hall–Kier alpha value is -3.50. The van der Waals surface area contributed by atoms with Crippen molar-refractivity contribution in [2.45, 2.75) is 32.6 Å². The Balaban J connectivity index is 0.000000551. The maximum atomic E-state index is 13.4. The summed E-state index contributed by atoms with van der Waals surface area (Å²) in [7, 11) is -0.0709. The molecule has 0 aliphatic carbocycles. The molecule has 0 aliphatic heterocycles. The van der Waals surface area contributed by atoms with Gasteiger partial charge in [0.2, 0.25) is 11.8 Å². The van der Waals surface area contributed by atoms with Gasteiger partial charge in [0.05, 0.1) is 23.3 Å². The van der Waals surface area contributed by atoms with Crippen molar-refractivity contribution in [3.63, 3.8) is 0 Å². The first-order valence-electron chi connectivity index (χ1n) is 11.1. The highest BCUT2D eigenvalue weighted by atomic mass is 32.2. The summed E-state index contributed by atoms with van der Waals surface area (Å²) >= 11 is 0. The smallest absolute Gasteiger partial charge is 0.225 e. The van der Waals surface area contributed by atoms with E-state index in [0.29, 0.717) is 34.5 Å². The third-order valence-electron chi connectivity index (χ3n) is 4.37. The van der Waals surface area contributed by atoms with Gasteiger partial charge in [-0.2, -0.15) is 9.37 Å². The van der Waals surface area contributed by atoms with Crippen molar-refractivity contribution in [1.82, 2.24) is 19.9 Å². The number of anilines is 1. The molecule has 0 fully saturated rings. The second kappa shape index (κ2) is 14.0. The zero-order valence-corrected chi connectivity index (χ0v) is 21.2. The van der Waals surface area contributed by atoms with Gasteiger partial charge in [-0.25, -0.2) is 14.2 Å². The van der Waals surface area contributed by atoms with E-state index in [1.165, 1.54) is 19.5 Å². The van der Waals surface area contributed by atoms with E-state index in [1.807, 2.05) is 39.8 Å². The summed E-state index contributed by atoms with van der Waals surface area (Å²) in [5, 5.41) is 9.77. The second-order valence-corrected chi connectivity index (χ2v) is 8.49. The van der Waals surface area contributed by atoms with Crippen molar-refractivity contribution in [2.24, 2.45) is 5.92 Å². The number of pyridine rings is 2. The largest absolute Gasteiger partial charge is 0.480 e. The molecule has 0 bridgehead atoms. The fourth-order valence-electron chi connectivity index (χ4n) is 2.74. The molecule has 2 N–H and O–H groups in total. The number of nitrogens with one attached hydrogen (secondary N) is 1. The zero-order valence-electron chi connectivity index (χ0n) is 20.4. The molecule has 1 aromatic carbocycles. The molecule has 0 aliphatic rings. The van der Waals surface area contributed by atoms with Crippen LogP contribution >= 0.6 is 0 Å². The average Bonchev–Trinajstić information content (AvgIpc) is 2.90. The molecule has 0 spiro atoms. The molecule has 3 heterocycles. The van der Waals surface area contributed by atoms with Gasteiger partial charge < -0.3 is 9.84 Å². The zero-order chi connectivity index (χ0) is 25.8. The standard InChI is InChI=1S/C19H14FN5O2S.C4H10O.C2H6/c1-27-19-15(4-5-16(20)24-19)18-14-3-2-13(10-12(14)6-9-22-18)28(26)25-17-7-8-21-11-23-17;1-4(2)3-5;1-2/h2-11H,1H3,(H,21,23,25);4-5H,3H2,1-2H3;1-2H3. The van der Waals surface area contributed by atoms with E-state index in [4.69, 9.17) is 9.84 Å². The number of fused-ring (bicyclic) bond motifs is 1. The lowest BCUT2D eigenvalue weighted by Crippen LogP contribution is -2.06. The van der Waals surface area contributed by atoms with Gasteiger partial charge >= 0.3 is 0 Å². The molecule has 0 radical (unpaired) electrons. The van der Waals surface area contributed by atoms with Gasteiger partial charge in [0, 0.05) is 24.4 Å². The van der Waals surface area contributed by atoms with Crippen LogP contribution in [0.3, 0.4) is 0 Å². The average molecular weight is 500 g/mol. The SMILES string of the molecule is CC.CC(C)CO.COc1nc(F)ccc1-c1nccc2cc(S(=O)Nc3ccncn3)ccc12. The van der Waals surface area contributed by atoms with Crippen LogP contribution < -0.4 is 9.46 Å². The fourth-order valence-corrected chi connectivity index (χ4v) is 3.60. The van der Waals surface area contributed by atoms with Crippen LogP contribution in [0.2, 0.25) is 0 Å². The third-order valence-corrected chi connectivity index (χ3v) is 5.45. The Labute approximate surface area is 207 Å². The minimum Gasteiger partial charge on any atom is -0.480 e. The lowest BCUT2D eigenvalue weighted by Gasteiger charge is -2.11. The predicted molar refractivity (Wildman–Crippen MR) is 137 cm³/mol. The minimum absolute atomic E-state index is 0.151. The van der Waals surface area contributed by atoms with Crippen molar-refractivity contribution in [1.29, 1.82) is 0 Å². The molecule has 186 valence electrons. The van der Waals surface area contributed by atoms with Crippen molar-refractivity contribution in [3.05, 3.63) is 67.1 Å². The van der Waals surface area contributed by atoms with Crippen LogP contribution in [-0.4, -0.2) is 43.0 Å². The molecule has 4 aromatic rings. The summed E-state index contributed by atoms with van der Waals surface area (Å²) in [6, 6.07) is 11.6. The first-order chi connectivity index (χ1) is 16.9. The Morgan fingerprint density at radius 1 is 1.09 bits per heavy atom. The third kappa shape index (κ3) is 7.76. The summed E-state index contributed by atoms with van der Waals surface area (Å²) in [5.41, 5.74) is 1.17. The normalized spacial score (nSPS) is 11.1. The molecule has 4 rings (SSSR count). The molecule has 35 heavy (non-hydrogen) atoms. The first-order valence-corrected chi connectivity index (χ1v) is 12.2. The van der Waals surface area contributed by atoms with Gasteiger partial charge in [0.25, 0.3) is 0 Å². The highest BCUT2D eigenvalue weighted by Crippen LogP contribution is 2.33. The van der Waals surface area contributed by atoms with Crippen LogP contribution in [0.25, 0.3) is 22.0 Å². The van der Waals surface area contributed by atoms with Gasteiger partial charge in [-0.05, 0) is 47.7 Å². The van der Waals surface area contributed by atoms with E-state index in [9.17, 15) is 8.60 Å².